The molecule has 0 saturated carbocycles. The van der Waals surface area contributed by atoms with Crippen LogP contribution in [0.4, 0.5) is 11.4 Å². The maximum Gasteiger partial charge on any atom is 0.243 e. The van der Waals surface area contributed by atoms with Crippen LogP contribution in [0.25, 0.3) is 0 Å². The van der Waals surface area contributed by atoms with Gasteiger partial charge in [-0.2, -0.15) is 4.31 Å². The molecule has 2 N–H and O–H groups in total. The van der Waals surface area contributed by atoms with Gasteiger partial charge in [-0.15, -0.1) is 0 Å². The summed E-state index contributed by atoms with van der Waals surface area (Å²) in [5.41, 5.74) is 1.75. The minimum Gasteiger partial charge on any atom is -0.325 e. The minimum atomic E-state index is -3.88. The van der Waals surface area contributed by atoms with E-state index in [2.05, 4.69) is 10.6 Å². The summed E-state index contributed by atoms with van der Waals surface area (Å²) >= 11 is 5.79. The molecular formula is C18H18ClN3O4S. The molecule has 0 saturated heterocycles. The zero-order valence-corrected chi connectivity index (χ0v) is 16.3. The molecule has 0 fully saturated rings. The van der Waals surface area contributed by atoms with E-state index in [4.69, 9.17) is 11.6 Å². The molecule has 1 aliphatic heterocycles. The molecule has 1 heterocycles. The smallest absolute Gasteiger partial charge is 0.243 e. The number of hydrogen-bond donors (Lipinski definition) is 2. The van der Waals surface area contributed by atoms with Crippen molar-refractivity contribution >= 4 is 44.8 Å². The predicted molar refractivity (Wildman–Crippen MR) is 103 cm³/mol. The van der Waals surface area contributed by atoms with Gasteiger partial charge in [0, 0.05) is 23.4 Å². The van der Waals surface area contributed by atoms with Crippen LogP contribution in [0.1, 0.15) is 18.4 Å². The molecule has 0 bridgehead atoms. The summed E-state index contributed by atoms with van der Waals surface area (Å²) in [7, 11) is -2.55. The van der Waals surface area contributed by atoms with Crippen LogP contribution in [-0.2, 0) is 19.6 Å². The summed E-state index contributed by atoms with van der Waals surface area (Å²) in [6.45, 7) is 1.36. The molecule has 3 rings (SSSR count). The van der Waals surface area contributed by atoms with E-state index in [1.165, 1.54) is 19.2 Å². The topological polar surface area (TPSA) is 95.6 Å². The summed E-state index contributed by atoms with van der Waals surface area (Å²) in [6, 6.07) is 10.9. The number of hydrogen-bond acceptors (Lipinski definition) is 4. The summed E-state index contributed by atoms with van der Waals surface area (Å²) < 4.78 is 26.5. The average molecular weight is 408 g/mol. The van der Waals surface area contributed by atoms with Gasteiger partial charge < -0.3 is 10.6 Å². The summed E-state index contributed by atoms with van der Waals surface area (Å²) in [5, 5.41) is 5.85. The first kappa shape index (κ1) is 19.3. The van der Waals surface area contributed by atoms with E-state index in [0.717, 1.165) is 4.31 Å². The van der Waals surface area contributed by atoms with E-state index in [0.29, 0.717) is 22.0 Å². The third-order valence-electron chi connectivity index (χ3n) is 4.34. The van der Waals surface area contributed by atoms with E-state index in [1.807, 2.05) is 0 Å². The molecule has 1 atom stereocenters. The van der Waals surface area contributed by atoms with Crippen LogP contribution in [-0.4, -0.2) is 38.1 Å². The van der Waals surface area contributed by atoms with Crippen molar-refractivity contribution in [2.45, 2.75) is 17.7 Å². The molecule has 2 aromatic carbocycles. The highest BCUT2D eigenvalue weighted by molar-refractivity contribution is 7.89. The molecule has 1 aliphatic rings. The van der Waals surface area contributed by atoms with Crippen LogP contribution in [0.2, 0.25) is 5.02 Å². The van der Waals surface area contributed by atoms with Crippen LogP contribution in [0.15, 0.2) is 47.4 Å². The van der Waals surface area contributed by atoms with Gasteiger partial charge in [-0.1, -0.05) is 11.6 Å². The Balaban J connectivity index is 1.74. The molecular weight excluding hydrogens is 390 g/mol. The maximum absolute atomic E-state index is 12.8. The van der Waals surface area contributed by atoms with Crippen LogP contribution in [0.5, 0.6) is 0 Å². The Morgan fingerprint density at radius 2 is 1.89 bits per heavy atom. The average Bonchev–Trinajstić information content (AvgIpc) is 2.90. The predicted octanol–water partition coefficient (Wildman–Crippen LogP) is 2.65. The first-order chi connectivity index (χ1) is 12.7. The lowest BCUT2D eigenvalue weighted by molar-refractivity contribution is -0.117. The van der Waals surface area contributed by atoms with Crippen molar-refractivity contribution in [1.29, 1.82) is 0 Å². The molecule has 0 radical (unpaired) electrons. The Bertz CT molecular complexity index is 1010. The molecule has 142 valence electrons. The standard InChI is InChI=1S/C18H18ClN3O4S/c1-11-15-9-14(7-8-16(15)21-18(11)24)27(25,26)22(2)10-17(23)20-13-5-3-12(19)4-6-13/h3-9,11H,10H2,1-2H3,(H,20,23)(H,21,24)/t11-/m1/s1. The number of sulfonamides is 1. The van der Waals surface area contributed by atoms with E-state index < -0.39 is 21.8 Å². The van der Waals surface area contributed by atoms with Crippen molar-refractivity contribution < 1.29 is 18.0 Å². The lowest BCUT2D eigenvalue weighted by Crippen LogP contribution is -2.35. The van der Waals surface area contributed by atoms with Crippen LogP contribution in [0.3, 0.4) is 0 Å². The minimum absolute atomic E-state index is 0.0337. The lowest BCUT2D eigenvalue weighted by atomic mass is 10.0. The van der Waals surface area contributed by atoms with Crippen molar-refractivity contribution in [2.24, 2.45) is 0 Å². The van der Waals surface area contributed by atoms with Gasteiger partial charge >= 0.3 is 0 Å². The van der Waals surface area contributed by atoms with Gasteiger partial charge in [-0.25, -0.2) is 8.42 Å². The number of rotatable bonds is 5. The Kier molecular flexibility index (Phi) is 5.23. The highest BCUT2D eigenvalue weighted by Gasteiger charge is 2.30. The highest BCUT2D eigenvalue weighted by Crippen LogP contribution is 2.34. The number of carbonyl (C=O) groups is 2. The summed E-state index contributed by atoms with van der Waals surface area (Å²) in [6.07, 6.45) is 0. The normalized spacial score (nSPS) is 16.1. The van der Waals surface area contributed by atoms with Gasteiger partial charge in [-0.05, 0) is 55.0 Å². The monoisotopic (exact) mass is 407 g/mol. The molecule has 7 nitrogen and oxygen atoms in total. The van der Waals surface area contributed by atoms with E-state index in [9.17, 15) is 18.0 Å². The number of anilines is 2. The molecule has 0 aromatic heterocycles. The Morgan fingerprint density at radius 1 is 1.22 bits per heavy atom. The summed E-state index contributed by atoms with van der Waals surface area (Å²) in [4.78, 5) is 23.9. The van der Waals surface area contributed by atoms with Crippen molar-refractivity contribution in [3.63, 3.8) is 0 Å². The second kappa shape index (κ2) is 7.30. The third kappa shape index (κ3) is 3.97. The number of halogens is 1. The SMILES string of the molecule is C[C@H]1C(=O)Nc2ccc(S(=O)(=O)N(C)CC(=O)Nc3ccc(Cl)cc3)cc21. The van der Waals surface area contributed by atoms with Crippen LogP contribution < -0.4 is 10.6 Å². The molecule has 0 spiro atoms. The quantitative estimate of drug-likeness (QED) is 0.796. The van der Waals surface area contributed by atoms with Crippen molar-refractivity contribution in [3.8, 4) is 0 Å². The van der Waals surface area contributed by atoms with Gasteiger partial charge in [0.15, 0.2) is 0 Å². The fourth-order valence-corrected chi connectivity index (χ4v) is 4.05. The molecule has 0 aliphatic carbocycles. The number of carbonyl (C=O) groups excluding carboxylic acids is 2. The maximum atomic E-state index is 12.8. The van der Waals surface area contributed by atoms with E-state index in [-0.39, 0.29) is 17.3 Å². The van der Waals surface area contributed by atoms with Gasteiger partial charge in [0.05, 0.1) is 17.4 Å². The fourth-order valence-electron chi connectivity index (χ4n) is 2.76. The van der Waals surface area contributed by atoms with Crippen molar-refractivity contribution in [3.05, 3.63) is 53.1 Å². The van der Waals surface area contributed by atoms with E-state index in [1.54, 1.807) is 37.3 Å². The molecule has 2 amide bonds. The highest BCUT2D eigenvalue weighted by atomic mass is 35.5. The number of fused-ring (bicyclic) bond motifs is 1. The fraction of sp³-hybridized carbons (Fsp3) is 0.222. The lowest BCUT2D eigenvalue weighted by Gasteiger charge is -2.17. The Morgan fingerprint density at radius 3 is 2.56 bits per heavy atom. The number of benzene rings is 2. The first-order valence-electron chi connectivity index (χ1n) is 8.15. The second-order valence-corrected chi connectivity index (χ2v) is 8.76. The van der Waals surface area contributed by atoms with Gasteiger partial charge in [0.1, 0.15) is 0 Å². The van der Waals surface area contributed by atoms with Gasteiger partial charge in [0.25, 0.3) is 0 Å². The Labute approximate surface area is 162 Å². The molecule has 27 heavy (non-hydrogen) atoms. The molecule has 9 heteroatoms. The molecule has 0 unspecified atom stereocenters. The largest absolute Gasteiger partial charge is 0.325 e. The zero-order chi connectivity index (χ0) is 19.8. The zero-order valence-electron chi connectivity index (χ0n) is 14.7. The Hall–Kier alpha value is -2.42. The van der Waals surface area contributed by atoms with Crippen LogP contribution >= 0.6 is 11.6 Å². The second-order valence-electron chi connectivity index (χ2n) is 6.28. The van der Waals surface area contributed by atoms with E-state index >= 15 is 0 Å². The summed E-state index contributed by atoms with van der Waals surface area (Å²) in [5.74, 6) is -1.07. The number of nitrogens with one attached hydrogen (secondary N) is 2. The third-order valence-corrected chi connectivity index (χ3v) is 6.39. The van der Waals surface area contributed by atoms with Gasteiger partial charge in [-0.3, -0.25) is 9.59 Å². The van der Waals surface area contributed by atoms with Crippen molar-refractivity contribution in [2.75, 3.05) is 24.2 Å². The number of amides is 2. The number of likely N-dealkylation sites (N-methyl/N-ethyl adjacent to an activating group) is 1. The van der Waals surface area contributed by atoms with Crippen molar-refractivity contribution in [1.82, 2.24) is 4.31 Å². The molecule has 2 aromatic rings. The number of nitrogens with zero attached hydrogens (tertiary/aromatic N) is 1. The van der Waals surface area contributed by atoms with Gasteiger partial charge in [0.2, 0.25) is 21.8 Å². The van der Waals surface area contributed by atoms with Crippen LogP contribution in [0, 0.1) is 0 Å². The first-order valence-corrected chi connectivity index (χ1v) is 9.97.